The van der Waals surface area contributed by atoms with Gasteiger partial charge in [0.05, 0.1) is 12.7 Å². The summed E-state index contributed by atoms with van der Waals surface area (Å²) in [5.41, 5.74) is 5.52. The summed E-state index contributed by atoms with van der Waals surface area (Å²) in [6.45, 7) is 2.87. The maximum absolute atomic E-state index is 5.52. The van der Waals surface area contributed by atoms with Gasteiger partial charge in [-0.05, 0) is 5.21 Å². The molecule has 6 nitrogen and oxygen atoms in total. The zero-order valence-corrected chi connectivity index (χ0v) is 7.90. The molecule has 1 aromatic rings. The predicted molar refractivity (Wildman–Crippen MR) is 48.7 cm³/mol. The van der Waals surface area contributed by atoms with Crippen LogP contribution in [0, 0.1) is 0 Å². The summed E-state index contributed by atoms with van der Waals surface area (Å²) in [6.07, 6.45) is 0.109. The van der Waals surface area contributed by atoms with E-state index in [-0.39, 0.29) is 6.10 Å². The van der Waals surface area contributed by atoms with E-state index < -0.39 is 0 Å². The van der Waals surface area contributed by atoms with Gasteiger partial charge in [-0.15, -0.1) is 0 Å². The largest absolute Gasteiger partial charge is 0.373 e. The molecule has 0 aliphatic carbocycles. The third kappa shape index (κ3) is 1.93. The highest BCUT2D eigenvalue weighted by atomic mass is 32.1. The fourth-order valence-electron chi connectivity index (χ4n) is 1.29. The molecule has 0 amide bonds. The molecule has 1 aliphatic heterocycles. The van der Waals surface area contributed by atoms with E-state index in [1.54, 1.807) is 0 Å². The van der Waals surface area contributed by atoms with Crippen LogP contribution in [0.5, 0.6) is 0 Å². The van der Waals surface area contributed by atoms with Crippen molar-refractivity contribution in [1.82, 2.24) is 14.8 Å². The minimum absolute atomic E-state index is 0.109. The molecular weight excluding hydrogens is 190 g/mol. The quantitative estimate of drug-likeness (QED) is 0.668. The van der Waals surface area contributed by atoms with Gasteiger partial charge in [0.1, 0.15) is 0 Å². The zero-order valence-electron chi connectivity index (χ0n) is 7.09. The number of aromatic nitrogens is 3. The van der Waals surface area contributed by atoms with Gasteiger partial charge in [-0.25, -0.2) is 0 Å². The Morgan fingerprint density at radius 3 is 3.31 bits per heavy atom. The Morgan fingerprint density at radius 2 is 2.62 bits per heavy atom. The Balaban J connectivity index is 2.00. The van der Waals surface area contributed by atoms with E-state index in [9.17, 15) is 0 Å². The van der Waals surface area contributed by atoms with Crippen molar-refractivity contribution in [1.29, 1.82) is 0 Å². The molecule has 1 aromatic heterocycles. The summed E-state index contributed by atoms with van der Waals surface area (Å²) in [5.74, 6) is 0. The van der Waals surface area contributed by atoms with Crippen LogP contribution in [0.1, 0.15) is 0 Å². The third-order valence-corrected chi connectivity index (χ3v) is 2.62. The topological polar surface area (TPSA) is 77.2 Å². The molecule has 1 aliphatic rings. The van der Waals surface area contributed by atoms with Crippen molar-refractivity contribution >= 4 is 16.7 Å². The van der Waals surface area contributed by atoms with E-state index in [0.717, 1.165) is 18.2 Å². The molecule has 13 heavy (non-hydrogen) atoms. The van der Waals surface area contributed by atoms with Crippen LogP contribution in [0.4, 0.5) is 5.13 Å². The van der Waals surface area contributed by atoms with Crippen molar-refractivity contribution in [3.8, 4) is 0 Å². The van der Waals surface area contributed by atoms with Gasteiger partial charge in [0.2, 0.25) is 5.13 Å². The minimum atomic E-state index is 0.109. The van der Waals surface area contributed by atoms with Crippen LogP contribution in [0.2, 0.25) is 0 Å². The lowest BCUT2D eigenvalue weighted by molar-refractivity contribution is 0.0465. The van der Waals surface area contributed by atoms with Gasteiger partial charge in [0.15, 0.2) is 0 Å². The van der Waals surface area contributed by atoms with Crippen molar-refractivity contribution in [3.63, 3.8) is 0 Å². The Morgan fingerprint density at radius 1 is 1.69 bits per heavy atom. The maximum atomic E-state index is 5.52. The molecule has 7 heteroatoms. The summed E-state index contributed by atoms with van der Waals surface area (Å²) >= 11 is 1.30. The molecule has 1 saturated heterocycles. The molecule has 0 saturated carbocycles. The molecule has 0 radical (unpaired) electrons. The van der Waals surface area contributed by atoms with Gasteiger partial charge in [-0.3, -0.25) is 0 Å². The number of hydrogen-bond donors (Lipinski definition) is 1. The number of morpholine rings is 1. The number of nitrogens with zero attached hydrogens (tertiary/aromatic N) is 4. The van der Waals surface area contributed by atoms with Gasteiger partial charge < -0.3 is 15.4 Å². The molecule has 1 atom stereocenters. The highest BCUT2D eigenvalue weighted by Gasteiger charge is 2.21. The number of rotatable bonds is 2. The monoisotopic (exact) mass is 201 g/mol. The first-order valence-corrected chi connectivity index (χ1v) is 4.89. The van der Waals surface area contributed by atoms with Gasteiger partial charge in [0, 0.05) is 31.2 Å². The molecule has 1 fully saturated rings. The van der Waals surface area contributed by atoms with Crippen molar-refractivity contribution in [2.75, 3.05) is 31.1 Å². The molecule has 0 spiro atoms. The third-order valence-electron chi connectivity index (χ3n) is 1.96. The van der Waals surface area contributed by atoms with E-state index in [4.69, 9.17) is 10.5 Å². The first kappa shape index (κ1) is 8.79. The van der Waals surface area contributed by atoms with E-state index in [2.05, 4.69) is 19.7 Å². The van der Waals surface area contributed by atoms with Crippen LogP contribution in [0.25, 0.3) is 0 Å². The standard InChI is InChI=1S/C6H11N5OS/c7-3-5-4-11(1-2-12-5)6-8-9-10-13-6/h5H,1-4,7H2. The molecule has 0 bridgehead atoms. The van der Waals surface area contributed by atoms with Crippen molar-refractivity contribution in [2.24, 2.45) is 5.73 Å². The maximum Gasteiger partial charge on any atom is 0.228 e. The lowest BCUT2D eigenvalue weighted by atomic mass is 10.3. The summed E-state index contributed by atoms with van der Waals surface area (Å²) in [4.78, 5) is 2.10. The second kappa shape index (κ2) is 3.95. The van der Waals surface area contributed by atoms with Crippen LogP contribution in [-0.4, -0.2) is 47.1 Å². The predicted octanol–water partition coefficient (Wildman–Crippen LogP) is -0.903. The molecule has 2 heterocycles. The van der Waals surface area contributed by atoms with Crippen LogP contribution < -0.4 is 10.6 Å². The lowest BCUT2D eigenvalue weighted by Gasteiger charge is -2.31. The van der Waals surface area contributed by atoms with E-state index in [0.29, 0.717) is 13.2 Å². The van der Waals surface area contributed by atoms with Crippen LogP contribution in [-0.2, 0) is 4.74 Å². The summed E-state index contributed by atoms with van der Waals surface area (Å²) < 4.78 is 9.14. The summed E-state index contributed by atoms with van der Waals surface area (Å²) in [7, 11) is 0. The van der Waals surface area contributed by atoms with Crippen LogP contribution in [0.15, 0.2) is 0 Å². The van der Waals surface area contributed by atoms with E-state index in [1.807, 2.05) is 0 Å². The molecular formula is C6H11N5OS. The Hall–Kier alpha value is -0.790. The minimum Gasteiger partial charge on any atom is -0.373 e. The van der Waals surface area contributed by atoms with Gasteiger partial charge in [-0.2, -0.15) is 0 Å². The molecule has 0 aromatic carbocycles. The molecule has 72 valence electrons. The number of ether oxygens (including phenoxy) is 1. The fraction of sp³-hybridized carbons (Fsp3) is 0.833. The van der Waals surface area contributed by atoms with Crippen molar-refractivity contribution < 1.29 is 4.74 Å². The van der Waals surface area contributed by atoms with Crippen LogP contribution in [0.3, 0.4) is 0 Å². The van der Waals surface area contributed by atoms with E-state index in [1.165, 1.54) is 11.5 Å². The first-order chi connectivity index (χ1) is 6.40. The highest BCUT2D eigenvalue weighted by molar-refractivity contribution is 7.09. The highest BCUT2D eigenvalue weighted by Crippen LogP contribution is 2.16. The zero-order chi connectivity index (χ0) is 9.10. The molecule has 2 N–H and O–H groups in total. The normalized spacial score (nSPS) is 23.5. The van der Waals surface area contributed by atoms with Gasteiger partial charge in [0.25, 0.3) is 0 Å². The summed E-state index contributed by atoms with van der Waals surface area (Å²) in [6, 6.07) is 0. The van der Waals surface area contributed by atoms with Gasteiger partial charge >= 0.3 is 0 Å². The molecule has 2 rings (SSSR count). The number of hydrogen-bond acceptors (Lipinski definition) is 7. The second-order valence-electron chi connectivity index (χ2n) is 2.82. The molecule has 1 unspecified atom stereocenters. The number of nitrogens with two attached hydrogens (primary N) is 1. The first-order valence-electron chi connectivity index (χ1n) is 4.12. The van der Waals surface area contributed by atoms with Crippen molar-refractivity contribution in [2.45, 2.75) is 6.10 Å². The lowest BCUT2D eigenvalue weighted by Crippen LogP contribution is -2.45. The average Bonchev–Trinajstić information content (AvgIpc) is 2.71. The Labute approximate surface area is 79.8 Å². The second-order valence-corrected chi connectivity index (χ2v) is 3.53. The van der Waals surface area contributed by atoms with Gasteiger partial charge in [-0.1, -0.05) is 9.59 Å². The smallest absolute Gasteiger partial charge is 0.228 e. The Bertz CT molecular complexity index is 254. The SMILES string of the molecule is NCC1CN(c2nnns2)CCO1. The average molecular weight is 201 g/mol. The summed E-state index contributed by atoms with van der Waals surface area (Å²) in [5, 5.41) is 8.30. The van der Waals surface area contributed by atoms with E-state index >= 15 is 0 Å². The van der Waals surface area contributed by atoms with Crippen LogP contribution >= 0.6 is 11.5 Å². The van der Waals surface area contributed by atoms with Crippen molar-refractivity contribution in [3.05, 3.63) is 0 Å². The Kier molecular flexibility index (Phi) is 2.67. The number of anilines is 1. The fourth-order valence-corrected chi connectivity index (χ4v) is 1.79.